The highest BCUT2D eigenvalue weighted by atomic mass is 16.4. The van der Waals surface area contributed by atoms with E-state index in [1.807, 2.05) is 19.0 Å². The van der Waals surface area contributed by atoms with Gasteiger partial charge in [0.25, 0.3) is 0 Å². The van der Waals surface area contributed by atoms with Gasteiger partial charge in [0.15, 0.2) is 0 Å². The highest BCUT2D eigenvalue weighted by Gasteiger charge is 2.10. The minimum absolute atomic E-state index is 0.235. The highest BCUT2D eigenvalue weighted by molar-refractivity contribution is 5.74. The number of rotatable bonds is 8. The zero-order valence-electron chi connectivity index (χ0n) is 10.8. The van der Waals surface area contributed by atoms with Crippen LogP contribution in [0, 0.1) is 5.92 Å². The monoisotopic (exact) mass is 245 g/mol. The molecule has 0 aromatic rings. The Balaban J connectivity index is 3.44. The van der Waals surface area contributed by atoms with Crippen LogP contribution in [0.15, 0.2) is 0 Å². The molecule has 3 N–H and O–H groups in total. The van der Waals surface area contributed by atoms with Gasteiger partial charge in [-0.3, -0.25) is 4.79 Å². The van der Waals surface area contributed by atoms with E-state index in [0.717, 1.165) is 13.0 Å². The number of hydrogen-bond acceptors (Lipinski definition) is 3. The Labute approximate surface area is 102 Å². The van der Waals surface area contributed by atoms with Crippen molar-refractivity contribution in [1.29, 1.82) is 0 Å². The first-order valence-electron chi connectivity index (χ1n) is 5.82. The minimum Gasteiger partial charge on any atom is -0.481 e. The molecule has 2 amide bonds. The van der Waals surface area contributed by atoms with Crippen molar-refractivity contribution >= 4 is 12.0 Å². The van der Waals surface area contributed by atoms with Crippen LogP contribution in [-0.4, -0.2) is 55.7 Å². The number of nitrogens with zero attached hydrogens (tertiary/aromatic N) is 1. The highest BCUT2D eigenvalue weighted by Crippen LogP contribution is 1.99. The maximum atomic E-state index is 11.3. The van der Waals surface area contributed by atoms with Crippen molar-refractivity contribution in [2.45, 2.75) is 19.8 Å². The Morgan fingerprint density at radius 1 is 1.24 bits per heavy atom. The number of carbonyl (C=O) groups excluding carboxylic acids is 1. The second-order valence-electron chi connectivity index (χ2n) is 4.37. The van der Waals surface area contributed by atoms with Crippen molar-refractivity contribution in [2.75, 3.05) is 33.7 Å². The van der Waals surface area contributed by atoms with Gasteiger partial charge in [0, 0.05) is 13.1 Å². The molecular formula is C11H23N3O3. The van der Waals surface area contributed by atoms with Crippen molar-refractivity contribution in [2.24, 2.45) is 5.92 Å². The molecule has 0 aliphatic rings. The number of carboxylic acid groups (broad SMARTS) is 1. The van der Waals surface area contributed by atoms with Crippen LogP contribution in [0.25, 0.3) is 0 Å². The molecule has 100 valence electrons. The summed E-state index contributed by atoms with van der Waals surface area (Å²) in [5.41, 5.74) is 0. The minimum atomic E-state index is -0.835. The van der Waals surface area contributed by atoms with Gasteiger partial charge >= 0.3 is 12.0 Å². The van der Waals surface area contributed by atoms with E-state index in [-0.39, 0.29) is 6.03 Å². The summed E-state index contributed by atoms with van der Waals surface area (Å²) in [5.74, 6) is -1.26. The standard InChI is InChI=1S/C11H23N3O3/c1-9(10(15)16)5-7-13-11(17)12-6-4-8-14(2)3/h9H,4-8H2,1-3H3,(H,15,16)(H2,12,13,17). The van der Waals surface area contributed by atoms with Gasteiger partial charge in [-0.05, 0) is 33.5 Å². The van der Waals surface area contributed by atoms with E-state index in [0.29, 0.717) is 19.5 Å². The fraction of sp³-hybridized carbons (Fsp3) is 0.818. The molecule has 0 radical (unpaired) electrons. The number of aliphatic carboxylic acids is 1. The van der Waals surface area contributed by atoms with Gasteiger partial charge in [0.2, 0.25) is 0 Å². The van der Waals surface area contributed by atoms with E-state index < -0.39 is 11.9 Å². The number of nitrogens with one attached hydrogen (secondary N) is 2. The number of carboxylic acids is 1. The summed E-state index contributed by atoms with van der Waals surface area (Å²) in [7, 11) is 3.96. The van der Waals surface area contributed by atoms with Crippen LogP contribution < -0.4 is 10.6 Å². The summed E-state index contributed by atoms with van der Waals surface area (Å²) in [5, 5.41) is 14.0. The first-order chi connectivity index (χ1) is 7.93. The molecule has 0 aromatic carbocycles. The fourth-order valence-corrected chi connectivity index (χ4v) is 1.19. The maximum absolute atomic E-state index is 11.3. The van der Waals surface area contributed by atoms with Gasteiger partial charge in [-0.25, -0.2) is 4.79 Å². The van der Waals surface area contributed by atoms with Crippen LogP contribution in [0.5, 0.6) is 0 Å². The van der Waals surface area contributed by atoms with Crippen molar-refractivity contribution < 1.29 is 14.7 Å². The molecule has 6 nitrogen and oxygen atoms in total. The third-order valence-electron chi connectivity index (χ3n) is 2.35. The molecule has 0 aliphatic carbocycles. The quantitative estimate of drug-likeness (QED) is 0.539. The average molecular weight is 245 g/mol. The Kier molecular flexibility index (Phi) is 8.13. The predicted molar refractivity (Wildman–Crippen MR) is 66.0 cm³/mol. The Morgan fingerprint density at radius 2 is 1.82 bits per heavy atom. The van der Waals surface area contributed by atoms with Crippen LogP contribution in [0.4, 0.5) is 4.79 Å². The Hall–Kier alpha value is -1.30. The van der Waals surface area contributed by atoms with Crippen LogP contribution in [0.1, 0.15) is 19.8 Å². The zero-order valence-corrected chi connectivity index (χ0v) is 10.8. The van der Waals surface area contributed by atoms with Gasteiger partial charge in [0.05, 0.1) is 5.92 Å². The third-order valence-corrected chi connectivity index (χ3v) is 2.35. The summed E-state index contributed by atoms with van der Waals surface area (Å²) in [6, 6.07) is -0.235. The number of hydrogen-bond donors (Lipinski definition) is 3. The Bertz CT molecular complexity index is 244. The molecule has 0 saturated heterocycles. The van der Waals surface area contributed by atoms with E-state index in [9.17, 15) is 9.59 Å². The summed E-state index contributed by atoms with van der Waals surface area (Å²) in [6.45, 7) is 3.56. The summed E-state index contributed by atoms with van der Waals surface area (Å²) < 4.78 is 0. The Morgan fingerprint density at radius 3 is 2.35 bits per heavy atom. The smallest absolute Gasteiger partial charge is 0.314 e. The van der Waals surface area contributed by atoms with Crippen LogP contribution in [-0.2, 0) is 4.79 Å². The fourth-order valence-electron chi connectivity index (χ4n) is 1.19. The lowest BCUT2D eigenvalue weighted by Gasteiger charge is -2.11. The largest absolute Gasteiger partial charge is 0.481 e. The van der Waals surface area contributed by atoms with Crippen molar-refractivity contribution in [3.8, 4) is 0 Å². The lowest BCUT2D eigenvalue weighted by atomic mass is 10.1. The maximum Gasteiger partial charge on any atom is 0.314 e. The predicted octanol–water partition coefficient (Wildman–Crippen LogP) is 0.348. The number of carbonyl (C=O) groups is 2. The first-order valence-corrected chi connectivity index (χ1v) is 5.82. The van der Waals surface area contributed by atoms with Crippen LogP contribution >= 0.6 is 0 Å². The zero-order chi connectivity index (χ0) is 13.3. The summed E-state index contributed by atoms with van der Waals surface area (Å²) in [6.07, 6.45) is 1.34. The molecule has 0 saturated carbocycles. The summed E-state index contributed by atoms with van der Waals surface area (Å²) >= 11 is 0. The number of urea groups is 1. The molecule has 0 heterocycles. The third kappa shape index (κ3) is 9.62. The average Bonchev–Trinajstić information content (AvgIpc) is 2.23. The second kappa shape index (κ2) is 8.81. The molecule has 0 aromatic heterocycles. The SMILES string of the molecule is CC(CCNC(=O)NCCCN(C)C)C(=O)O. The molecule has 0 bridgehead atoms. The van der Waals surface area contributed by atoms with E-state index in [4.69, 9.17) is 5.11 Å². The molecule has 1 unspecified atom stereocenters. The summed E-state index contributed by atoms with van der Waals surface area (Å²) in [4.78, 5) is 23.8. The van der Waals surface area contributed by atoms with Gasteiger partial charge in [-0.15, -0.1) is 0 Å². The molecule has 1 atom stereocenters. The molecule has 17 heavy (non-hydrogen) atoms. The van der Waals surface area contributed by atoms with E-state index in [1.54, 1.807) is 6.92 Å². The van der Waals surface area contributed by atoms with Gasteiger partial charge in [-0.2, -0.15) is 0 Å². The van der Waals surface area contributed by atoms with Gasteiger partial charge in [0.1, 0.15) is 0 Å². The van der Waals surface area contributed by atoms with Crippen LogP contribution in [0.3, 0.4) is 0 Å². The topological polar surface area (TPSA) is 81.7 Å². The molecule has 0 fully saturated rings. The van der Waals surface area contributed by atoms with E-state index >= 15 is 0 Å². The number of amides is 2. The van der Waals surface area contributed by atoms with E-state index in [1.165, 1.54) is 0 Å². The lowest BCUT2D eigenvalue weighted by Crippen LogP contribution is -2.37. The van der Waals surface area contributed by atoms with Gasteiger partial charge in [-0.1, -0.05) is 6.92 Å². The van der Waals surface area contributed by atoms with Crippen molar-refractivity contribution in [1.82, 2.24) is 15.5 Å². The molecule has 0 spiro atoms. The van der Waals surface area contributed by atoms with Crippen LogP contribution in [0.2, 0.25) is 0 Å². The van der Waals surface area contributed by atoms with Crippen molar-refractivity contribution in [3.05, 3.63) is 0 Å². The molecular weight excluding hydrogens is 222 g/mol. The lowest BCUT2D eigenvalue weighted by molar-refractivity contribution is -0.141. The normalized spacial score (nSPS) is 12.2. The van der Waals surface area contributed by atoms with Gasteiger partial charge < -0.3 is 20.6 Å². The van der Waals surface area contributed by atoms with E-state index in [2.05, 4.69) is 10.6 Å². The van der Waals surface area contributed by atoms with Crippen molar-refractivity contribution in [3.63, 3.8) is 0 Å². The second-order valence-corrected chi connectivity index (χ2v) is 4.37. The molecule has 6 heteroatoms. The first kappa shape index (κ1) is 15.7. The molecule has 0 aliphatic heterocycles. The molecule has 0 rings (SSSR count).